The number of hydrogen-bond acceptors (Lipinski definition) is 4. The Bertz CT molecular complexity index is 925. The van der Waals surface area contributed by atoms with E-state index in [0.717, 1.165) is 12.8 Å². The Morgan fingerprint density at radius 2 is 1.85 bits per heavy atom. The number of nitrogens with zero attached hydrogens (tertiary/aromatic N) is 1. The van der Waals surface area contributed by atoms with Gasteiger partial charge in [-0.25, -0.2) is 8.42 Å². The lowest BCUT2D eigenvalue weighted by atomic mass is 10.1. The van der Waals surface area contributed by atoms with Crippen LogP contribution in [0.25, 0.3) is 0 Å². The number of anilines is 1. The molecule has 3 rings (SSSR count). The summed E-state index contributed by atoms with van der Waals surface area (Å²) in [4.78, 5) is 12.3. The highest BCUT2D eigenvalue weighted by atomic mass is 35.5. The molecule has 1 amide bonds. The Morgan fingerprint density at radius 3 is 2.54 bits per heavy atom. The van der Waals surface area contributed by atoms with Crippen LogP contribution in [-0.4, -0.2) is 36.8 Å². The summed E-state index contributed by atoms with van der Waals surface area (Å²) in [6, 6.07) is 10.9. The summed E-state index contributed by atoms with van der Waals surface area (Å²) in [5.41, 5.74) is 0.703. The molecule has 6 nitrogen and oxygen atoms in total. The lowest BCUT2D eigenvalue weighted by Gasteiger charge is -2.16. The normalized spacial score (nSPS) is 15.1. The van der Waals surface area contributed by atoms with Gasteiger partial charge in [-0.05, 0) is 42.7 Å². The topological polar surface area (TPSA) is 86.7 Å². The van der Waals surface area contributed by atoms with E-state index < -0.39 is 15.9 Å². The van der Waals surface area contributed by atoms with Crippen molar-refractivity contribution in [1.29, 1.82) is 0 Å². The van der Waals surface area contributed by atoms with Crippen molar-refractivity contribution in [2.45, 2.75) is 24.2 Å². The molecule has 1 aliphatic heterocycles. The predicted molar refractivity (Wildman–Crippen MR) is 99.9 cm³/mol. The van der Waals surface area contributed by atoms with Crippen molar-refractivity contribution < 1.29 is 18.3 Å². The van der Waals surface area contributed by atoms with Crippen LogP contribution < -0.4 is 5.32 Å². The number of phenolic OH excluding ortho intramolecular Hbond substituents is 1. The predicted octanol–water partition coefficient (Wildman–Crippen LogP) is 3.01. The zero-order valence-corrected chi connectivity index (χ0v) is 15.6. The van der Waals surface area contributed by atoms with E-state index in [1.807, 2.05) is 0 Å². The van der Waals surface area contributed by atoms with E-state index in [-0.39, 0.29) is 22.8 Å². The first-order chi connectivity index (χ1) is 12.4. The zero-order valence-electron chi connectivity index (χ0n) is 14.0. The third-order valence-electron chi connectivity index (χ3n) is 4.25. The molecule has 0 aromatic heterocycles. The van der Waals surface area contributed by atoms with E-state index in [9.17, 15) is 18.3 Å². The van der Waals surface area contributed by atoms with Crippen LogP contribution in [0.15, 0.2) is 47.4 Å². The highest BCUT2D eigenvalue weighted by Crippen LogP contribution is 2.29. The average Bonchev–Trinajstić information content (AvgIpc) is 3.14. The Morgan fingerprint density at radius 1 is 1.15 bits per heavy atom. The second-order valence-electron chi connectivity index (χ2n) is 6.11. The van der Waals surface area contributed by atoms with Gasteiger partial charge in [0, 0.05) is 18.1 Å². The molecule has 1 fully saturated rings. The minimum atomic E-state index is -3.63. The molecule has 8 heteroatoms. The van der Waals surface area contributed by atoms with Gasteiger partial charge in [0.1, 0.15) is 5.75 Å². The van der Waals surface area contributed by atoms with Crippen molar-refractivity contribution >= 4 is 33.2 Å². The van der Waals surface area contributed by atoms with Gasteiger partial charge in [-0.15, -0.1) is 0 Å². The summed E-state index contributed by atoms with van der Waals surface area (Å²) in [6.45, 7) is 0.967. The van der Waals surface area contributed by atoms with Gasteiger partial charge in [0.2, 0.25) is 15.9 Å². The zero-order chi connectivity index (χ0) is 18.7. The Hall–Kier alpha value is -2.09. The largest absolute Gasteiger partial charge is 0.506 e. The van der Waals surface area contributed by atoms with Crippen molar-refractivity contribution in [3.05, 3.63) is 53.1 Å². The smallest absolute Gasteiger partial charge is 0.243 e. The van der Waals surface area contributed by atoms with Crippen molar-refractivity contribution in [2.24, 2.45) is 0 Å². The van der Waals surface area contributed by atoms with Gasteiger partial charge < -0.3 is 10.4 Å². The molecule has 2 aromatic rings. The monoisotopic (exact) mass is 394 g/mol. The van der Waals surface area contributed by atoms with Crippen LogP contribution >= 0.6 is 11.6 Å². The van der Waals surface area contributed by atoms with Gasteiger partial charge in [0.25, 0.3) is 0 Å². The molecular weight excluding hydrogens is 376 g/mol. The number of phenols is 1. The SMILES string of the molecule is O=C(Cc1ccccc1Cl)Nc1cc(S(=O)(=O)N2CCCC2)ccc1O. The summed E-state index contributed by atoms with van der Waals surface area (Å²) < 4.78 is 26.7. The fraction of sp³-hybridized carbons (Fsp3) is 0.278. The summed E-state index contributed by atoms with van der Waals surface area (Å²) in [5, 5.41) is 13.0. The van der Waals surface area contributed by atoms with Crippen molar-refractivity contribution in [3.8, 4) is 5.75 Å². The van der Waals surface area contributed by atoms with Crippen molar-refractivity contribution in [2.75, 3.05) is 18.4 Å². The van der Waals surface area contributed by atoms with Gasteiger partial charge in [-0.1, -0.05) is 29.8 Å². The number of aromatic hydroxyl groups is 1. The van der Waals surface area contributed by atoms with E-state index >= 15 is 0 Å². The van der Waals surface area contributed by atoms with E-state index in [1.54, 1.807) is 24.3 Å². The molecular formula is C18H19ClN2O4S. The van der Waals surface area contributed by atoms with Crippen LogP contribution in [-0.2, 0) is 21.2 Å². The van der Waals surface area contributed by atoms with Crippen LogP contribution in [0.3, 0.4) is 0 Å². The van der Waals surface area contributed by atoms with Crippen LogP contribution in [0.5, 0.6) is 5.75 Å². The third-order valence-corrected chi connectivity index (χ3v) is 6.52. The summed E-state index contributed by atoms with van der Waals surface area (Å²) in [6.07, 6.45) is 1.68. The molecule has 0 spiro atoms. The second kappa shape index (κ2) is 7.65. The van der Waals surface area contributed by atoms with Crippen LogP contribution in [0.1, 0.15) is 18.4 Å². The second-order valence-corrected chi connectivity index (χ2v) is 8.45. The van der Waals surface area contributed by atoms with E-state index in [2.05, 4.69) is 5.32 Å². The number of amides is 1. The number of carbonyl (C=O) groups is 1. The number of sulfonamides is 1. The summed E-state index contributed by atoms with van der Waals surface area (Å²) >= 11 is 6.05. The number of hydrogen-bond donors (Lipinski definition) is 2. The molecule has 0 atom stereocenters. The molecule has 2 aromatic carbocycles. The maximum Gasteiger partial charge on any atom is 0.243 e. The van der Waals surface area contributed by atoms with Gasteiger partial charge in [-0.3, -0.25) is 4.79 Å². The molecule has 1 aliphatic rings. The van der Waals surface area contributed by atoms with Crippen LogP contribution in [0.2, 0.25) is 5.02 Å². The number of nitrogens with one attached hydrogen (secondary N) is 1. The lowest BCUT2D eigenvalue weighted by Crippen LogP contribution is -2.28. The Balaban J connectivity index is 1.80. The van der Waals surface area contributed by atoms with Crippen LogP contribution in [0, 0.1) is 0 Å². The summed E-state index contributed by atoms with van der Waals surface area (Å²) in [5.74, 6) is -0.595. The first-order valence-electron chi connectivity index (χ1n) is 8.24. The summed E-state index contributed by atoms with van der Waals surface area (Å²) in [7, 11) is -3.63. The Labute approximate surface area is 157 Å². The number of rotatable bonds is 5. The fourth-order valence-electron chi connectivity index (χ4n) is 2.86. The maximum absolute atomic E-state index is 12.6. The highest BCUT2D eigenvalue weighted by Gasteiger charge is 2.27. The molecule has 0 saturated carbocycles. The molecule has 0 unspecified atom stereocenters. The molecule has 1 heterocycles. The first-order valence-corrected chi connectivity index (χ1v) is 10.1. The van der Waals surface area contributed by atoms with E-state index in [0.29, 0.717) is 23.7 Å². The van der Waals surface area contributed by atoms with Gasteiger partial charge in [0.15, 0.2) is 0 Å². The lowest BCUT2D eigenvalue weighted by molar-refractivity contribution is -0.115. The molecule has 0 bridgehead atoms. The van der Waals surface area contributed by atoms with Gasteiger partial charge in [0.05, 0.1) is 17.0 Å². The number of carbonyl (C=O) groups excluding carboxylic acids is 1. The average molecular weight is 395 g/mol. The van der Waals surface area contributed by atoms with E-state index in [1.165, 1.54) is 22.5 Å². The van der Waals surface area contributed by atoms with Crippen molar-refractivity contribution in [1.82, 2.24) is 4.31 Å². The Kier molecular flexibility index (Phi) is 5.50. The molecule has 1 saturated heterocycles. The van der Waals surface area contributed by atoms with Gasteiger partial charge >= 0.3 is 0 Å². The fourth-order valence-corrected chi connectivity index (χ4v) is 4.61. The number of halogens is 1. The number of benzene rings is 2. The first kappa shape index (κ1) is 18.7. The quantitative estimate of drug-likeness (QED) is 0.763. The molecule has 0 aliphatic carbocycles. The minimum absolute atomic E-state index is 0.0161. The van der Waals surface area contributed by atoms with Gasteiger partial charge in [-0.2, -0.15) is 4.31 Å². The maximum atomic E-state index is 12.6. The van der Waals surface area contributed by atoms with E-state index in [4.69, 9.17) is 11.6 Å². The molecule has 26 heavy (non-hydrogen) atoms. The van der Waals surface area contributed by atoms with Crippen LogP contribution in [0.4, 0.5) is 5.69 Å². The van der Waals surface area contributed by atoms with Crippen molar-refractivity contribution in [3.63, 3.8) is 0 Å². The molecule has 0 radical (unpaired) electrons. The molecule has 138 valence electrons. The molecule has 2 N–H and O–H groups in total. The third kappa shape index (κ3) is 4.00. The minimum Gasteiger partial charge on any atom is -0.506 e. The highest BCUT2D eigenvalue weighted by molar-refractivity contribution is 7.89. The standard InChI is InChI=1S/C18H19ClN2O4S/c19-15-6-2-1-5-13(15)11-18(23)20-16-12-14(7-8-17(16)22)26(24,25)21-9-3-4-10-21/h1-2,5-8,12,22H,3-4,9-11H2,(H,20,23).